The number of aromatic hydroxyl groups is 1. The number of rotatable bonds is 7. The summed E-state index contributed by atoms with van der Waals surface area (Å²) in [7, 11) is 0. The van der Waals surface area contributed by atoms with Crippen LogP contribution in [0.3, 0.4) is 0 Å². The Morgan fingerprint density at radius 3 is 2.36 bits per heavy atom. The molecule has 5 N–H and O–H groups in total. The molecule has 4 amide bonds. The Morgan fingerprint density at radius 2 is 1.72 bits per heavy atom. The van der Waals surface area contributed by atoms with E-state index in [1.807, 2.05) is 12.9 Å². The molecule has 0 bridgehead atoms. The number of nitrogens with one attached hydrogen (secondary N) is 3. The van der Waals surface area contributed by atoms with E-state index in [4.69, 9.17) is 4.79 Å². The highest BCUT2D eigenvalue weighted by atomic mass is 19.4. The molecule has 12 nitrogen and oxygen atoms in total. The summed E-state index contributed by atoms with van der Waals surface area (Å²) in [4.78, 5) is 66.6. The lowest BCUT2D eigenvalue weighted by Crippen LogP contribution is -2.56. The zero-order valence-corrected chi connectivity index (χ0v) is 34.5. The highest BCUT2D eigenvalue weighted by Gasteiger charge is 2.43. The van der Waals surface area contributed by atoms with Crippen LogP contribution in [0.2, 0.25) is 0 Å². The number of hydroxylamine groups is 1. The van der Waals surface area contributed by atoms with Crippen molar-refractivity contribution in [2.45, 2.75) is 115 Å². The number of hydrogen-bond donors (Lipinski definition) is 5. The summed E-state index contributed by atoms with van der Waals surface area (Å²) < 4.78 is 53.4. The van der Waals surface area contributed by atoms with Crippen LogP contribution in [0, 0.1) is 30.0 Å². The van der Waals surface area contributed by atoms with Crippen LogP contribution in [0.4, 0.5) is 17.6 Å². The molecule has 2 aromatic carbocycles. The molecule has 3 aliphatic rings. The van der Waals surface area contributed by atoms with Crippen molar-refractivity contribution in [1.82, 2.24) is 26.0 Å². The lowest BCUT2D eigenvalue weighted by molar-refractivity contribution is -0.156. The smallest absolute Gasteiger partial charge is 0.397 e. The molecule has 330 valence electrons. The molecule has 16 heteroatoms. The van der Waals surface area contributed by atoms with Crippen molar-refractivity contribution in [3.63, 3.8) is 0 Å². The lowest BCUT2D eigenvalue weighted by atomic mass is 9.93. The van der Waals surface area contributed by atoms with Crippen LogP contribution in [-0.2, 0) is 30.4 Å². The van der Waals surface area contributed by atoms with Gasteiger partial charge in [-0.05, 0) is 87.3 Å². The highest BCUT2D eigenvalue weighted by Crippen LogP contribution is 2.43. The van der Waals surface area contributed by atoms with Gasteiger partial charge in [-0.2, -0.15) is 13.2 Å². The van der Waals surface area contributed by atoms with Crippen LogP contribution in [0.25, 0.3) is 22.2 Å². The van der Waals surface area contributed by atoms with Crippen molar-refractivity contribution >= 4 is 41.3 Å². The average molecular weight is 854 g/mol. The molecule has 3 aromatic rings. The third kappa shape index (κ3) is 15.0. The molecule has 1 aliphatic carbocycles. The number of fused-ring (bicyclic) bond motifs is 2. The first-order valence-corrected chi connectivity index (χ1v) is 20.1. The monoisotopic (exact) mass is 853 g/mol. The van der Waals surface area contributed by atoms with Crippen molar-refractivity contribution in [2.24, 2.45) is 11.3 Å². The fraction of sp³-hybridized carbons (Fsp3) is 0.467. The number of pyridine rings is 1. The van der Waals surface area contributed by atoms with Gasteiger partial charge in [0.15, 0.2) is 0 Å². The first-order chi connectivity index (χ1) is 29.0. The third-order valence-electron chi connectivity index (χ3n) is 10.7. The zero-order chi connectivity index (χ0) is 45.3. The van der Waals surface area contributed by atoms with Gasteiger partial charge in [0, 0.05) is 23.1 Å². The van der Waals surface area contributed by atoms with Crippen LogP contribution < -0.4 is 16.1 Å². The summed E-state index contributed by atoms with van der Waals surface area (Å²) >= 11 is 0. The fourth-order valence-electron chi connectivity index (χ4n) is 7.18. The van der Waals surface area contributed by atoms with Gasteiger partial charge in [0.25, 0.3) is 5.91 Å². The van der Waals surface area contributed by atoms with E-state index >= 15 is 0 Å². The quantitative estimate of drug-likeness (QED) is 0.0549. The summed E-state index contributed by atoms with van der Waals surface area (Å²) in [5.41, 5.74) is 3.93. The summed E-state index contributed by atoms with van der Waals surface area (Å²) in [6, 6.07) is 9.11. The summed E-state index contributed by atoms with van der Waals surface area (Å²) in [6.45, 7) is 6.60. The second-order valence-corrected chi connectivity index (χ2v) is 15.9. The van der Waals surface area contributed by atoms with E-state index in [9.17, 15) is 47.1 Å². The number of nitrogens with zero attached hydrogens (tertiary/aromatic N) is 2. The molecule has 0 radical (unpaired) electrons. The van der Waals surface area contributed by atoms with Crippen molar-refractivity contribution in [1.29, 1.82) is 0 Å². The van der Waals surface area contributed by atoms with Crippen molar-refractivity contribution < 1.29 is 51.8 Å². The predicted molar refractivity (Wildman–Crippen MR) is 222 cm³/mol. The van der Waals surface area contributed by atoms with Gasteiger partial charge in [0.05, 0.1) is 5.52 Å². The second-order valence-electron chi connectivity index (χ2n) is 15.9. The molecule has 1 saturated carbocycles. The van der Waals surface area contributed by atoms with Gasteiger partial charge in [-0.3, -0.25) is 24.4 Å². The molecule has 1 saturated heterocycles. The van der Waals surface area contributed by atoms with E-state index in [-0.39, 0.29) is 49.6 Å². The van der Waals surface area contributed by atoms with Gasteiger partial charge in [0.2, 0.25) is 17.7 Å². The van der Waals surface area contributed by atoms with Crippen molar-refractivity contribution in [3.8, 4) is 29.9 Å². The average Bonchev–Trinajstić information content (AvgIpc) is 3.76. The number of carbonyl (C=O) groups excluding carboxylic acids is 5. The largest absolute Gasteiger partial charge is 0.505 e. The van der Waals surface area contributed by atoms with Crippen molar-refractivity contribution in [3.05, 3.63) is 72.1 Å². The first-order valence-electron chi connectivity index (χ1n) is 20.1. The fourth-order valence-corrected chi connectivity index (χ4v) is 7.18. The molecular formula is C45H55F4N5O7. The van der Waals surface area contributed by atoms with Gasteiger partial charge in [0.1, 0.15) is 48.6 Å². The number of halogens is 4. The van der Waals surface area contributed by atoms with Gasteiger partial charge >= 0.3 is 6.18 Å². The SMILES string of the molecule is C#C.C=O.CC1(C)CC1.O=C(CC(F)(F)F)N[C@H]1CCCCC/C=C\CC(C(=O)NO)NC(=O)[C@@H]2C[C@H](CCc3c(O)c(-c4cccc(F)c4)nc4ccccc34)CN2C1=O. The number of hydrogen-bond acceptors (Lipinski definition) is 8. The van der Waals surface area contributed by atoms with Crippen LogP contribution in [0.1, 0.15) is 90.0 Å². The normalized spacial score (nSPS) is 21.8. The second kappa shape index (κ2) is 23.3. The van der Waals surface area contributed by atoms with E-state index in [2.05, 4.69) is 42.3 Å². The summed E-state index contributed by atoms with van der Waals surface area (Å²) in [6.07, 6.45) is 10.9. The Hall–Kier alpha value is -5.82. The number of para-hydroxylation sites is 1. The topological polar surface area (TPSA) is 178 Å². The summed E-state index contributed by atoms with van der Waals surface area (Å²) in [5, 5.41) is 26.3. The van der Waals surface area contributed by atoms with Crippen LogP contribution >= 0.6 is 0 Å². The molecule has 1 unspecified atom stereocenters. The molecule has 6 rings (SSSR count). The predicted octanol–water partition coefficient (Wildman–Crippen LogP) is 7.10. The van der Waals surface area contributed by atoms with Crippen LogP contribution in [-0.4, -0.2) is 81.5 Å². The minimum absolute atomic E-state index is 0.000140. The molecule has 3 heterocycles. The molecule has 0 spiro atoms. The minimum atomic E-state index is -4.79. The molecular weight excluding hydrogens is 799 g/mol. The van der Waals surface area contributed by atoms with Crippen LogP contribution in [0.15, 0.2) is 60.7 Å². The summed E-state index contributed by atoms with van der Waals surface area (Å²) in [5.74, 6) is -4.69. The number of amides is 4. The number of terminal acetylenes is 1. The van der Waals surface area contributed by atoms with Gasteiger partial charge in [-0.15, -0.1) is 12.8 Å². The Labute approximate surface area is 353 Å². The Kier molecular flexibility index (Phi) is 18.9. The highest BCUT2D eigenvalue weighted by molar-refractivity contribution is 5.95. The Balaban J connectivity index is 0.000000999. The van der Waals surface area contributed by atoms with Gasteiger partial charge in [-0.1, -0.05) is 69.2 Å². The van der Waals surface area contributed by atoms with Crippen molar-refractivity contribution in [2.75, 3.05) is 6.54 Å². The van der Waals surface area contributed by atoms with Gasteiger partial charge in [-0.25, -0.2) is 14.9 Å². The Bertz CT molecular complexity index is 2020. The zero-order valence-electron chi connectivity index (χ0n) is 34.5. The first kappa shape index (κ1) is 49.5. The molecule has 2 aliphatic heterocycles. The Morgan fingerprint density at radius 1 is 1.03 bits per heavy atom. The molecule has 1 aromatic heterocycles. The number of benzene rings is 2. The van der Waals surface area contributed by atoms with E-state index in [1.54, 1.807) is 41.9 Å². The third-order valence-corrected chi connectivity index (χ3v) is 10.7. The van der Waals surface area contributed by atoms with E-state index in [1.165, 1.54) is 35.9 Å². The molecule has 2 fully saturated rings. The lowest BCUT2D eigenvalue weighted by Gasteiger charge is -2.29. The van der Waals surface area contributed by atoms with E-state index in [0.29, 0.717) is 54.1 Å². The number of aryl methyl sites for hydroxylation is 1. The number of alkyl halides is 3. The number of aromatic nitrogens is 1. The minimum Gasteiger partial charge on any atom is -0.505 e. The van der Waals surface area contributed by atoms with Gasteiger partial charge < -0.3 is 25.4 Å². The standard InChI is InChI=1S/C37H41F4N5O6.C5H10.C2H2.CH2O/c38-24-11-9-10-23(19-24)32-33(48)26(25-12-7-8-13-27(25)43-32)17-16-22-18-30-35(50)44-28(34(49)45-52)14-5-3-1-2-4-6-15-29(36(51)46(30)21-22)42-31(47)20-37(39,40)41;1-5(2)3-4-5;2*1-2/h3,5,7-13,19,22,28-30,48,52H,1-2,4,6,14-18,20-21H2,(H,42,47)(H,44,50)(H,45,49);3-4H2,1-2H3;1-2H;1H2/b5-3-;;;/t22-,28?,29-,30-;;;/m0.../s1. The maximum Gasteiger partial charge on any atom is 0.397 e. The molecule has 61 heavy (non-hydrogen) atoms. The molecule has 4 atom stereocenters. The number of carbonyl (C=O) groups is 5. The maximum absolute atomic E-state index is 14.1. The van der Waals surface area contributed by atoms with E-state index in [0.717, 1.165) is 5.41 Å². The van der Waals surface area contributed by atoms with Crippen LogP contribution in [0.5, 0.6) is 5.75 Å². The van der Waals surface area contributed by atoms with E-state index < -0.39 is 60.2 Å². The maximum atomic E-state index is 14.1. The number of allylic oxidation sites excluding steroid dienone is 1.